The van der Waals surface area contributed by atoms with Crippen molar-refractivity contribution in [3.05, 3.63) is 29.8 Å². The van der Waals surface area contributed by atoms with Crippen LogP contribution >= 0.6 is 10.1 Å². The maximum atomic E-state index is 6.88. The average Bonchev–Trinajstić information content (AvgIpc) is 2.50. The van der Waals surface area contributed by atoms with Crippen LogP contribution in [-0.2, 0) is 10.1 Å². The Morgan fingerprint density at radius 3 is 2.87 bits per heavy atom. The molecule has 0 amide bonds. The van der Waals surface area contributed by atoms with Gasteiger partial charge in [-0.25, -0.2) is 0 Å². The number of hydrogen-bond acceptors (Lipinski definition) is 0. The molecule has 0 N–H and O–H groups in total. The molecule has 1 nitrogen and oxygen atoms in total. The van der Waals surface area contributed by atoms with Gasteiger partial charge in [0.2, 0.25) is 0 Å². The first-order chi connectivity index (χ1) is 7.18. The molecule has 1 unspecified atom stereocenters. The standard InChI is InChI=1S/C12H18ClOSe/c1-3-4-9-15(13)12-8-6-5-7-11(12)10-14(15)2/h5-8H,3-4,9-10H2,1-2H3/q+1. The second kappa shape index (κ2) is 4.47. The Bertz CT molecular complexity index is 355. The van der Waals surface area contributed by atoms with Gasteiger partial charge in [-0.1, -0.05) is 0 Å². The summed E-state index contributed by atoms with van der Waals surface area (Å²) in [4.78, 5) is 0. The van der Waals surface area contributed by atoms with E-state index >= 15 is 0 Å². The van der Waals surface area contributed by atoms with E-state index in [1.807, 2.05) is 0 Å². The molecule has 1 aromatic carbocycles. The monoisotopic (exact) mass is 293 g/mol. The van der Waals surface area contributed by atoms with Crippen molar-refractivity contribution in [2.24, 2.45) is 0 Å². The second-order valence-electron chi connectivity index (χ2n) is 3.98. The molecule has 1 aromatic rings. The van der Waals surface area contributed by atoms with Crippen LogP contribution in [0.5, 0.6) is 0 Å². The van der Waals surface area contributed by atoms with E-state index in [0.717, 1.165) is 11.9 Å². The van der Waals surface area contributed by atoms with Crippen molar-refractivity contribution >= 4 is 26.8 Å². The zero-order valence-electron chi connectivity index (χ0n) is 9.33. The third-order valence-corrected chi connectivity index (χ3v) is 11.7. The molecule has 0 aliphatic carbocycles. The summed E-state index contributed by atoms with van der Waals surface area (Å²) in [6, 6.07) is 8.63. The predicted octanol–water partition coefficient (Wildman–Crippen LogP) is 3.07. The quantitative estimate of drug-likeness (QED) is 0.595. The van der Waals surface area contributed by atoms with Crippen molar-refractivity contribution in [3.8, 4) is 0 Å². The van der Waals surface area contributed by atoms with Crippen molar-refractivity contribution in [2.75, 3.05) is 7.11 Å². The van der Waals surface area contributed by atoms with Crippen molar-refractivity contribution in [3.63, 3.8) is 0 Å². The van der Waals surface area contributed by atoms with Gasteiger partial charge in [0.05, 0.1) is 0 Å². The van der Waals surface area contributed by atoms with Gasteiger partial charge in [0.25, 0.3) is 0 Å². The van der Waals surface area contributed by atoms with Crippen LogP contribution in [0, 0.1) is 0 Å². The summed E-state index contributed by atoms with van der Waals surface area (Å²) >= 11 is -2.11. The number of hydrogen-bond donors (Lipinski definition) is 0. The number of unbranched alkanes of at least 4 members (excludes halogenated alkanes) is 1. The number of fused-ring (bicyclic) bond motifs is 1. The van der Waals surface area contributed by atoms with Crippen molar-refractivity contribution in [1.29, 1.82) is 0 Å². The molecular weight excluding hydrogens is 275 g/mol. The molecule has 0 saturated carbocycles. The van der Waals surface area contributed by atoms with Crippen LogP contribution in [0.4, 0.5) is 0 Å². The van der Waals surface area contributed by atoms with Crippen LogP contribution in [-0.4, -0.2) is 19.4 Å². The Balaban J connectivity index is 2.31. The van der Waals surface area contributed by atoms with Gasteiger partial charge in [0.15, 0.2) is 0 Å². The van der Waals surface area contributed by atoms with Crippen LogP contribution < -0.4 is 4.46 Å². The zero-order valence-corrected chi connectivity index (χ0v) is 11.8. The molecule has 0 spiro atoms. The summed E-state index contributed by atoms with van der Waals surface area (Å²) in [5.41, 5.74) is 1.41. The van der Waals surface area contributed by atoms with E-state index in [4.69, 9.17) is 10.1 Å². The first-order valence-electron chi connectivity index (χ1n) is 5.40. The maximum absolute atomic E-state index is 6.88. The summed E-state index contributed by atoms with van der Waals surface area (Å²) in [7, 11) is 8.98. The summed E-state index contributed by atoms with van der Waals surface area (Å²) in [5, 5.41) is 1.16. The van der Waals surface area contributed by atoms with Crippen LogP contribution in [0.25, 0.3) is 0 Å². The van der Waals surface area contributed by atoms with Gasteiger partial charge >= 0.3 is 98.9 Å². The van der Waals surface area contributed by atoms with Gasteiger partial charge < -0.3 is 0 Å². The van der Waals surface area contributed by atoms with Gasteiger partial charge in [-0.3, -0.25) is 0 Å². The normalized spacial score (nSPS) is 29.8. The van der Waals surface area contributed by atoms with E-state index < -0.39 is 12.3 Å². The van der Waals surface area contributed by atoms with E-state index in [0.29, 0.717) is 0 Å². The Morgan fingerprint density at radius 1 is 1.40 bits per heavy atom. The molecule has 2 rings (SSSR count). The van der Waals surface area contributed by atoms with Gasteiger partial charge in [-0.05, 0) is 0 Å². The fraction of sp³-hybridized carbons (Fsp3) is 0.500. The molecule has 0 fully saturated rings. The molecule has 0 radical (unpaired) electrons. The van der Waals surface area contributed by atoms with Crippen LogP contribution in [0.2, 0.25) is 5.32 Å². The molecule has 0 bridgehead atoms. The topological polar surface area (TPSA) is 2.70 Å². The van der Waals surface area contributed by atoms with Crippen molar-refractivity contribution in [1.82, 2.24) is 0 Å². The van der Waals surface area contributed by atoms with Gasteiger partial charge in [0.1, 0.15) is 0 Å². The number of rotatable bonds is 3. The van der Waals surface area contributed by atoms with E-state index in [-0.39, 0.29) is 0 Å². The first-order valence-corrected chi connectivity index (χ1v) is 10.4. The van der Waals surface area contributed by atoms with Crippen molar-refractivity contribution < 1.29 is 3.45 Å². The van der Waals surface area contributed by atoms with Crippen molar-refractivity contribution in [2.45, 2.75) is 31.7 Å². The zero-order chi connectivity index (χ0) is 10.9. The van der Waals surface area contributed by atoms with E-state index in [9.17, 15) is 0 Å². The summed E-state index contributed by atoms with van der Waals surface area (Å²) in [5.74, 6) is 0. The molecule has 1 atom stereocenters. The fourth-order valence-corrected chi connectivity index (χ4v) is 8.97. The Labute approximate surface area is 98.9 Å². The number of benzene rings is 1. The molecular formula is C12H18ClOSe+. The summed E-state index contributed by atoms with van der Waals surface area (Å²) < 4.78 is 4.69. The first kappa shape index (κ1) is 11.5. The molecule has 84 valence electrons. The Hall–Kier alpha value is -0.0105. The third kappa shape index (κ3) is 1.97. The fourth-order valence-electron chi connectivity index (χ4n) is 1.97. The molecule has 1 heterocycles. The van der Waals surface area contributed by atoms with E-state index in [1.165, 1.54) is 22.9 Å². The minimum absolute atomic E-state index is 0.962. The molecule has 1 aliphatic rings. The SMILES string of the molecule is CCCC[Se]1(Cl)c2ccccc2C[O+]1C. The predicted molar refractivity (Wildman–Crippen MR) is 68.1 cm³/mol. The van der Waals surface area contributed by atoms with E-state index in [1.54, 1.807) is 0 Å². The molecule has 0 saturated heterocycles. The van der Waals surface area contributed by atoms with Crippen LogP contribution in [0.1, 0.15) is 25.3 Å². The average molecular weight is 293 g/mol. The summed E-state index contributed by atoms with van der Waals surface area (Å²) in [6.07, 6.45) is 2.46. The van der Waals surface area contributed by atoms with Crippen LogP contribution in [0.3, 0.4) is 0 Å². The van der Waals surface area contributed by atoms with Gasteiger partial charge in [-0.2, -0.15) is 0 Å². The minimum atomic E-state index is -2.11. The molecule has 0 aromatic heterocycles. The Kier molecular flexibility index (Phi) is 3.42. The van der Waals surface area contributed by atoms with Gasteiger partial charge in [0, 0.05) is 0 Å². The second-order valence-corrected chi connectivity index (χ2v) is 12.0. The van der Waals surface area contributed by atoms with E-state index in [2.05, 4.69) is 41.7 Å². The molecule has 1 aliphatic heterocycles. The molecule has 3 heteroatoms. The third-order valence-electron chi connectivity index (χ3n) is 2.87. The summed E-state index contributed by atoms with van der Waals surface area (Å²) in [6.45, 7) is 3.19. The molecule has 15 heavy (non-hydrogen) atoms. The van der Waals surface area contributed by atoms with Crippen LogP contribution in [0.15, 0.2) is 24.3 Å². The number of halogens is 1. The Morgan fingerprint density at radius 2 is 2.13 bits per heavy atom. The van der Waals surface area contributed by atoms with Gasteiger partial charge in [-0.15, -0.1) is 0 Å².